The lowest BCUT2D eigenvalue weighted by atomic mass is 9.74. The van der Waals surface area contributed by atoms with Crippen molar-refractivity contribution in [2.24, 2.45) is 11.7 Å². The number of aliphatic hydroxyl groups excluding tert-OH is 2. The Hall–Kier alpha value is -4.35. The van der Waals surface area contributed by atoms with Crippen molar-refractivity contribution < 1.29 is 29.0 Å². The van der Waals surface area contributed by atoms with Crippen molar-refractivity contribution in [1.29, 1.82) is 0 Å². The van der Waals surface area contributed by atoms with E-state index in [0.717, 1.165) is 30.4 Å². The van der Waals surface area contributed by atoms with Crippen molar-refractivity contribution in [3.8, 4) is 0 Å². The standard InChI is InChI=1S/C32H38FN5O5/c33-25-11-13-26(14-12-25)38(32(43)37(16-18-39)17-19-40)21-22-7-9-23(10-8-22)27-5-1-2-6-28(27)31(42)36-29(30(34)41)24-4-3-15-35-20-24/h3-4,7-15,20,27-29,39-40H,1-2,5-6,16-19,21H2,(H2,34,41)(H,36,42)/t27-,28+,29-/m0/s1. The van der Waals surface area contributed by atoms with Crippen LogP contribution >= 0.6 is 0 Å². The number of pyridine rings is 1. The predicted molar refractivity (Wildman–Crippen MR) is 159 cm³/mol. The number of primary amides is 1. The summed E-state index contributed by atoms with van der Waals surface area (Å²) in [5.41, 5.74) is 8.39. The van der Waals surface area contributed by atoms with E-state index in [-0.39, 0.29) is 50.6 Å². The molecule has 0 aliphatic heterocycles. The summed E-state index contributed by atoms with van der Waals surface area (Å²) in [7, 11) is 0. The van der Waals surface area contributed by atoms with Gasteiger partial charge in [0.1, 0.15) is 11.9 Å². The lowest BCUT2D eigenvalue weighted by molar-refractivity contribution is -0.131. The van der Waals surface area contributed by atoms with Crippen LogP contribution in [0.2, 0.25) is 0 Å². The number of amides is 4. The molecular formula is C32H38FN5O5. The number of nitrogens with one attached hydrogen (secondary N) is 1. The van der Waals surface area contributed by atoms with E-state index in [1.54, 1.807) is 18.3 Å². The fraction of sp³-hybridized carbons (Fsp3) is 0.375. The minimum atomic E-state index is -0.975. The second kappa shape index (κ2) is 15.2. The number of aliphatic hydroxyl groups is 2. The van der Waals surface area contributed by atoms with Gasteiger partial charge in [-0.15, -0.1) is 0 Å². The highest BCUT2D eigenvalue weighted by Crippen LogP contribution is 2.38. The fourth-order valence-corrected chi connectivity index (χ4v) is 5.62. The van der Waals surface area contributed by atoms with Gasteiger partial charge in [-0.25, -0.2) is 9.18 Å². The van der Waals surface area contributed by atoms with Gasteiger partial charge in [0.2, 0.25) is 11.8 Å². The number of urea groups is 1. The highest BCUT2D eigenvalue weighted by molar-refractivity contribution is 5.92. The molecule has 228 valence electrons. The number of carbonyl (C=O) groups is 3. The summed E-state index contributed by atoms with van der Waals surface area (Å²) in [5, 5.41) is 21.7. The number of halogens is 1. The van der Waals surface area contributed by atoms with Crippen molar-refractivity contribution in [3.63, 3.8) is 0 Å². The van der Waals surface area contributed by atoms with E-state index in [2.05, 4.69) is 10.3 Å². The van der Waals surface area contributed by atoms with E-state index in [0.29, 0.717) is 17.7 Å². The molecule has 1 saturated carbocycles. The maximum atomic E-state index is 13.6. The number of aromatic nitrogens is 1. The van der Waals surface area contributed by atoms with Gasteiger partial charge in [0, 0.05) is 42.7 Å². The Bertz CT molecular complexity index is 1350. The molecule has 0 radical (unpaired) electrons. The van der Waals surface area contributed by atoms with Gasteiger partial charge >= 0.3 is 6.03 Å². The number of hydrogen-bond donors (Lipinski definition) is 4. The van der Waals surface area contributed by atoms with Crippen LogP contribution < -0.4 is 16.0 Å². The third-order valence-corrected chi connectivity index (χ3v) is 7.82. The van der Waals surface area contributed by atoms with Gasteiger partial charge in [0.15, 0.2) is 0 Å². The van der Waals surface area contributed by atoms with Gasteiger partial charge in [-0.2, -0.15) is 0 Å². The Kier molecular flexibility index (Phi) is 11.2. The molecule has 43 heavy (non-hydrogen) atoms. The highest BCUT2D eigenvalue weighted by Gasteiger charge is 2.34. The quantitative estimate of drug-likeness (QED) is 0.254. The molecule has 2 aromatic carbocycles. The molecule has 1 fully saturated rings. The minimum Gasteiger partial charge on any atom is -0.395 e. The topological polar surface area (TPSA) is 149 Å². The van der Waals surface area contributed by atoms with E-state index >= 15 is 0 Å². The van der Waals surface area contributed by atoms with Crippen LogP contribution in [0, 0.1) is 11.7 Å². The number of nitrogens with two attached hydrogens (primary N) is 1. The fourth-order valence-electron chi connectivity index (χ4n) is 5.62. The SMILES string of the molecule is NC(=O)[C@@H](NC(=O)[C@@H]1CCCC[C@H]1c1ccc(CN(C(=O)N(CCO)CCO)c2ccc(F)cc2)cc1)c1cccnc1. The Labute approximate surface area is 250 Å². The lowest BCUT2D eigenvalue weighted by Gasteiger charge is -2.32. The molecular weight excluding hydrogens is 553 g/mol. The normalized spacial score (nSPS) is 17.1. The molecule has 4 rings (SSSR count). The molecule has 1 aliphatic carbocycles. The second-order valence-electron chi connectivity index (χ2n) is 10.6. The van der Waals surface area contributed by atoms with Gasteiger partial charge in [-0.3, -0.25) is 19.5 Å². The highest BCUT2D eigenvalue weighted by atomic mass is 19.1. The molecule has 10 nitrogen and oxygen atoms in total. The molecule has 3 aromatic rings. The molecule has 11 heteroatoms. The summed E-state index contributed by atoms with van der Waals surface area (Å²) in [6.07, 6.45) is 6.45. The molecule has 1 heterocycles. The lowest BCUT2D eigenvalue weighted by Crippen LogP contribution is -2.45. The van der Waals surface area contributed by atoms with Crippen molar-refractivity contribution in [3.05, 3.63) is 95.6 Å². The molecule has 1 aliphatic rings. The number of benzene rings is 2. The molecule has 0 unspecified atom stereocenters. The number of carbonyl (C=O) groups excluding carboxylic acids is 3. The molecule has 5 N–H and O–H groups in total. The Morgan fingerprint density at radius 3 is 2.26 bits per heavy atom. The molecule has 0 spiro atoms. The second-order valence-corrected chi connectivity index (χ2v) is 10.6. The summed E-state index contributed by atoms with van der Waals surface area (Å²) < 4.78 is 13.6. The van der Waals surface area contributed by atoms with Crippen molar-refractivity contribution in [2.45, 2.75) is 44.2 Å². The smallest absolute Gasteiger partial charge is 0.324 e. The number of anilines is 1. The van der Waals surface area contributed by atoms with E-state index in [9.17, 15) is 29.0 Å². The largest absolute Gasteiger partial charge is 0.395 e. The first-order chi connectivity index (χ1) is 20.8. The average Bonchev–Trinajstić information content (AvgIpc) is 3.03. The summed E-state index contributed by atoms with van der Waals surface area (Å²) in [6.45, 7) is -0.290. The van der Waals surface area contributed by atoms with E-state index in [1.165, 1.54) is 40.3 Å². The molecule has 1 aromatic heterocycles. The molecule has 4 amide bonds. The Morgan fingerprint density at radius 2 is 1.65 bits per heavy atom. The van der Waals surface area contributed by atoms with Crippen LogP contribution in [0.25, 0.3) is 0 Å². The number of nitrogens with zero attached hydrogens (tertiary/aromatic N) is 3. The summed E-state index contributed by atoms with van der Waals surface area (Å²) in [6, 6.07) is 15.2. The zero-order valence-electron chi connectivity index (χ0n) is 23.9. The minimum absolute atomic E-state index is 0.0402. The molecule has 0 bridgehead atoms. The van der Waals surface area contributed by atoms with Crippen LogP contribution in [0.1, 0.15) is 54.3 Å². The number of rotatable bonds is 12. The third kappa shape index (κ3) is 8.14. The summed E-state index contributed by atoms with van der Waals surface area (Å²) >= 11 is 0. The average molecular weight is 592 g/mol. The van der Waals surface area contributed by atoms with Crippen LogP contribution in [0.3, 0.4) is 0 Å². The first-order valence-electron chi connectivity index (χ1n) is 14.4. The molecule has 0 saturated heterocycles. The van der Waals surface area contributed by atoms with Crippen LogP contribution in [0.15, 0.2) is 73.1 Å². The van der Waals surface area contributed by atoms with Gasteiger partial charge < -0.3 is 26.2 Å². The van der Waals surface area contributed by atoms with Crippen molar-refractivity contribution in [2.75, 3.05) is 31.2 Å². The first-order valence-corrected chi connectivity index (χ1v) is 14.4. The molecule has 3 atom stereocenters. The maximum absolute atomic E-state index is 13.6. The zero-order chi connectivity index (χ0) is 30.8. The van der Waals surface area contributed by atoms with E-state index in [4.69, 9.17) is 5.73 Å². The predicted octanol–water partition coefficient (Wildman–Crippen LogP) is 3.25. The van der Waals surface area contributed by atoms with Crippen molar-refractivity contribution >= 4 is 23.5 Å². The van der Waals surface area contributed by atoms with Crippen LogP contribution in [0.4, 0.5) is 14.9 Å². The van der Waals surface area contributed by atoms with Crippen LogP contribution in [-0.2, 0) is 16.1 Å². The monoisotopic (exact) mass is 591 g/mol. The van der Waals surface area contributed by atoms with E-state index < -0.39 is 23.8 Å². The maximum Gasteiger partial charge on any atom is 0.324 e. The third-order valence-electron chi connectivity index (χ3n) is 7.82. The Morgan fingerprint density at radius 1 is 0.977 bits per heavy atom. The Balaban J connectivity index is 1.53. The zero-order valence-corrected chi connectivity index (χ0v) is 23.9. The summed E-state index contributed by atoms with van der Waals surface area (Å²) in [5.74, 6) is -1.74. The first kappa shape index (κ1) is 31.6. The van der Waals surface area contributed by atoms with Crippen LogP contribution in [-0.4, -0.2) is 64.2 Å². The summed E-state index contributed by atoms with van der Waals surface area (Å²) in [4.78, 5) is 45.9. The van der Waals surface area contributed by atoms with Gasteiger partial charge in [0.05, 0.1) is 19.8 Å². The number of hydrogen-bond acceptors (Lipinski definition) is 6. The van der Waals surface area contributed by atoms with Gasteiger partial charge in [0.25, 0.3) is 0 Å². The van der Waals surface area contributed by atoms with Crippen molar-refractivity contribution in [1.82, 2.24) is 15.2 Å². The van der Waals surface area contributed by atoms with E-state index in [1.807, 2.05) is 24.3 Å². The van der Waals surface area contributed by atoms with Gasteiger partial charge in [-0.1, -0.05) is 43.2 Å². The van der Waals surface area contributed by atoms with Gasteiger partial charge in [-0.05, 0) is 60.2 Å². The van der Waals surface area contributed by atoms with Crippen LogP contribution in [0.5, 0.6) is 0 Å².